The summed E-state index contributed by atoms with van der Waals surface area (Å²) in [7, 11) is 0. The van der Waals surface area contributed by atoms with E-state index < -0.39 is 0 Å². The summed E-state index contributed by atoms with van der Waals surface area (Å²) in [5.41, 5.74) is 1.14. The van der Waals surface area contributed by atoms with E-state index in [2.05, 4.69) is 23.7 Å². The molecule has 0 aliphatic heterocycles. The molecule has 0 bridgehead atoms. The van der Waals surface area contributed by atoms with E-state index in [1.807, 2.05) is 12.1 Å². The molecular weight excluding hydrogens is 152 g/mol. The standard InChI is InChI=1S/C9H14N2O/c1-9(2,7-12-10)8-3-5-11-6-4-8/h3-6H,7,10H2,1-2H3. The van der Waals surface area contributed by atoms with Crippen LogP contribution in [0.25, 0.3) is 0 Å². The fourth-order valence-electron chi connectivity index (χ4n) is 1.09. The number of hydrogen-bond donors (Lipinski definition) is 1. The lowest BCUT2D eigenvalue weighted by Crippen LogP contribution is -2.26. The average molecular weight is 166 g/mol. The Labute approximate surface area is 72.5 Å². The van der Waals surface area contributed by atoms with Crippen molar-refractivity contribution in [3.05, 3.63) is 30.1 Å². The molecular formula is C9H14N2O. The van der Waals surface area contributed by atoms with Crippen LogP contribution in [0, 0.1) is 0 Å². The molecule has 0 aliphatic carbocycles. The first kappa shape index (κ1) is 9.16. The Morgan fingerprint density at radius 1 is 1.42 bits per heavy atom. The zero-order valence-electron chi connectivity index (χ0n) is 7.45. The van der Waals surface area contributed by atoms with Gasteiger partial charge in [0.25, 0.3) is 0 Å². The van der Waals surface area contributed by atoms with Gasteiger partial charge in [-0.25, -0.2) is 5.90 Å². The van der Waals surface area contributed by atoms with Gasteiger partial charge in [-0.2, -0.15) is 0 Å². The molecule has 0 saturated carbocycles. The predicted molar refractivity (Wildman–Crippen MR) is 47.4 cm³/mol. The third-order valence-corrected chi connectivity index (χ3v) is 1.91. The van der Waals surface area contributed by atoms with E-state index in [-0.39, 0.29) is 5.41 Å². The van der Waals surface area contributed by atoms with E-state index in [4.69, 9.17) is 5.90 Å². The van der Waals surface area contributed by atoms with Crippen LogP contribution in [-0.4, -0.2) is 11.6 Å². The lowest BCUT2D eigenvalue weighted by Gasteiger charge is -2.23. The van der Waals surface area contributed by atoms with Crippen molar-refractivity contribution in [2.45, 2.75) is 19.3 Å². The number of nitrogens with two attached hydrogens (primary N) is 1. The highest BCUT2D eigenvalue weighted by atomic mass is 16.6. The molecule has 0 spiro atoms. The molecule has 1 aromatic heterocycles. The molecule has 12 heavy (non-hydrogen) atoms. The van der Waals surface area contributed by atoms with Gasteiger partial charge in [-0.3, -0.25) is 4.98 Å². The van der Waals surface area contributed by atoms with Crippen LogP contribution in [-0.2, 0) is 10.3 Å². The van der Waals surface area contributed by atoms with Crippen LogP contribution < -0.4 is 5.90 Å². The minimum Gasteiger partial charge on any atom is -0.304 e. The molecule has 1 rings (SSSR count). The Kier molecular flexibility index (Phi) is 2.78. The highest BCUT2D eigenvalue weighted by Gasteiger charge is 2.19. The first-order valence-electron chi connectivity index (χ1n) is 3.89. The highest BCUT2D eigenvalue weighted by Crippen LogP contribution is 2.21. The Hall–Kier alpha value is -0.930. The van der Waals surface area contributed by atoms with Gasteiger partial charge >= 0.3 is 0 Å². The van der Waals surface area contributed by atoms with E-state index >= 15 is 0 Å². The zero-order valence-corrected chi connectivity index (χ0v) is 7.45. The van der Waals surface area contributed by atoms with Crippen LogP contribution in [0.1, 0.15) is 19.4 Å². The fourth-order valence-corrected chi connectivity index (χ4v) is 1.09. The van der Waals surface area contributed by atoms with Crippen molar-refractivity contribution in [1.82, 2.24) is 4.98 Å². The lowest BCUT2D eigenvalue weighted by molar-refractivity contribution is 0.0964. The quantitative estimate of drug-likeness (QED) is 0.687. The summed E-state index contributed by atoms with van der Waals surface area (Å²) in [5.74, 6) is 5.04. The van der Waals surface area contributed by atoms with E-state index in [0.717, 1.165) is 0 Å². The summed E-state index contributed by atoms with van der Waals surface area (Å²) < 4.78 is 0. The summed E-state index contributed by atoms with van der Waals surface area (Å²) in [6.45, 7) is 4.67. The summed E-state index contributed by atoms with van der Waals surface area (Å²) in [6, 6.07) is 3.94. The van der Waals surface area contributed by atoms with E-state index in [9.17, 15) is 0 Å². The Morgan fingerprint density at radius 2 is 2.00 bits per heavy atom. The molecule has 1 aromatic rings. The van der Waals surface area contributed by atoms with Crippen LogP contribution in [0.2, 0.25) is 0 Å². The van der Waals surface area contributed by atoms with Crippen LogP contribution in [0.4, 0.5) is 0 Å². The van der Waals surface area contributed by atoms with E-state index in [1.54, 1.807) is 12.4 Å². The second kappa shape index (κ2) is 3.65. The van der Waals surface area contributed by atoms with Gasteiger partial charge in [-0.05, 0) is 17.7 Å². The van der Waals surface area contributed by atoms with Crippen molar-refractivity contribution >= 4 is 0 Å². The highest BCUT2D eigenvalue weighted by molar-refractivity contribution is 5.20. The topological polar surface area (TPSA) is 48.1 Å². The fraction of sp³-hybridized carbons (Fsp3) is 0.444. The van der Waals surface area contributed by atoms with Crippen molar-refractivity contribution in [1.29, 1.82) is 0 Å². The largest absolute Gasteiger partial charge is 0.304 e. The van der Waals surface area contributed by atoms with Crippen LogP contribution in [0.5, 0.6) is 0 Å². The van der Waals surface area contributed by atoms with Gasteiger partial charge in [0, 0.05) is 17.8 Å². The molecule has 3 heteroatoms. The average Bonchev–Trinajstić information content (AvgIpc) is 2.06. The SMILES string of the molecule is CC(C)(CON)c1ccncc1. The number of pyridine rings is 1. The van der Waals surface area contributed by atoms with E-state index in [1.165, 1.54) is 5.56 Å². The van der Waals surface area contributed by atoms with Crippen molar-refractivity contribution in [2.24, 2.45) is 5.90 Å². The maximum atomic E-state index is 5.04. The second-order valence-corrected chi connectivity index (χ2v) is 3.43. The van der Waals surface area contributed by atoms with Gasteiger partial charge in [-0.15, -0.1) is 0 Å². The number of aromatic nitrogens is 1. The lowest BCUT2D eigenvalue weighted by atomic mass is 9.86. The molecule has 3 nitrogen and oxygen atoms in total. The third kappa shape index (κ3) is 2.03. The minimum absolute atomic E-state index is 0.0440. The molecule has 0 aromatic carbocycles. The summed E-state index contributed by atoms with van der Waals surface area (Å²) in [6.07, 6.45) is 3.54. The summed E-state index contributed by atoms with van der Waals surface area (Å²) in [4.78, 5) is 8.59. The van der Waals surface area contributed by atoms with Gasteiger partial charge in [0.1, 0.15) is 0 Å². The number of hydrogen-bond acceptors (Lipinski definition) is 3. The first-order valence-corrected chi connectivity index (χ1v) is 3.89. The second-order valence-electron chi connectivity index (χ2n) is 3.43. The molecule has 0 atom stereocenters. The van der Waals surface area contributed by atoms with Gasteiger partial charge in [0.15, 0.2) is 0 Å². The van der Waals surface area contributed by atoms with Crippen LogP contribution in [0.3, 0.4) is 0 Å². The van der Waals surface area contributed by atoms with E-state index in [0.29, 0.717) is 6.61 Å². The third-order valence-electron chi connectivity index (χ3n) is 1.91. The molecule has 1 heterocycles. The van der Waals surface area contributed by atoms with Crippen LogP contribution >= 0.6 is 0 Å². The number of rotatable bonds is 3. The normalized spacial score (nSPS) is 11.6. The molecule has 0 aliphatic rings. The Balaban J connectivity index is 2.82. The van der Waals surface area contributed by atoms with Gasteiger partial charge in [0.05, 0.1) is 6.61 Å². The maximum absolute atomic E-state index is 5.04. The van der Waals surface area contributed by atoms with Crippen molar-refractivity contribution in [3.8, 4) is 0 Å². The zero-order chi connectivity index (χ0) is 9.03. The van der Waals surface area contributed by atoms with Crippen molar-refractivity contribution < 1.29 is 4.84 Å². The van der Waals surface area contributed by atoms with Gasteiger partial charge in [-0.1, -0.05) is 13.8 Å². The van der Waals surface area contributed by atoms with Gasteiger partial charge < -0.3 is 4.84 Å². The maximum Gasteiger partial charge on any atom is 0.0770 e. The smallest absolute Gasteiger partial charge is 0.0770 e. The molecule has 0 unspecified atom stereocenters. The van der Waals surface area contributed by atoms with Crippen molar-refractivity contribution in [3.63, 3.8) is 0 Å². The van der Waals surface area contributed by atoms with Gasteiger partial charge in [0.2, 0.25) is 0 Å². The predicted octanol–water partition coefficient (Wildman–Crippen LogP) is 1.25. The molecule has 0 amide bonds. The monoisotopic (exact) mass is 166 g/mol. The Bertz CT molecular complexity index is 234. The van der Waals surface area contributed by atoms with Crippen molar-refractivity contribution in [2.75, 3.05) is 6.61 Å². The summed E-state index contributed by atoms with van der Waals surface area (Å²) in [5, 5.41) is 0. The first-order chi connectivity index (χ1) is 5.67. The molecule has 0 fully saturated rings. The molecule has 0 saturated heterocycles. The molecule has 2 N–H and O–H groups in total. The summed E-state index contributed by atoms with van der Waals surface area (Å²) >= 11 is 0. The Morgan fingerprint density at radius 3 is 2.50 bits per heavy atom. The molecule has 0 radical (unpaired) electrons. The minimum atomic E-state index is -0.0440. The molecule has 66 valence electrons. The van der Waals surface area contributed by atoms with Crippen LogP contribution in [0.15, 0.2) is 24.5 Å². The number of nitrogens with zero attached hydrogens (tertiary/aromatic N) is 1.